The van der Waals surface area contributed by atoms with Crippen molar-refractivity contribution in [3.05, 3.63) is 59.0 Å². The van der Waals surface area contributed by atoms with Crippen molar-refractivity contribution in [2.75, 3.05) is 0 Å². The SMILES string of the molecule is CC(C)(CC(=O)O)Cc1nc2ncccc2n1Cc1ccc(Cl)cc1. The molecule has 0 radical (unpaired) electrons. The summed E-state index contributed by atoms with van der Waals surface area (Å²) < 4.78 is 2.11. The van der Waals surface area contributed by atoms with Crippen LogP contribution in [0.25, 0.3) is 11.2 Å². The fraction of sp³-hybridized carbons (Fsp3) is 0.316. The largest absolute Gasteiger partial charge is 0.481 e. The van der Waals surface area contributed by atoms with E-state index >= 15 is 0 Å². The van der Waals surface area contributed by atoms with E-state index in [0.29, 0.717) is 23.6 Å². The summed E-state index contributed by atoms with van der Waals surface area (Å²) in [5.41, 5.74) is 2.33. The molecule has 0 amide bonds. The number of halogens is 1. The van der Waals surface area contributed by atoms with E-state index < -0.39 is 11.4 Å². The molecule has 0 spiro atoms. The summed E-state index contributed by atoms with van der Waals surface area (Å²) >= 11 is 5.97. The van der Waals surface area contributed by atoms with Crippen LogP contribution in [0.2, 0.25) is 5.02 Å². The van der Waals surface area contributed by atoms with Crippen molar-refractivity contribution >= 4 is 28.7 Å². The zero-order chi connectivity index (χ0) is 18.0. The molecule has 25 heavy (non-hydrogen) atoms. The number of hydrogen-bond acceptors (Lipinski definition) is 3. The Morgan fingerprint density at radius 3 is 2.64 bits per heavy atom. The lowest BCUT2D eigenvalue weighted by Crippen LogP contribution is -2.22. The Labute approximate surface area is 151 Å². The number of imidazole rings is 1. The number of fused-ring (bicyclic) bond motifs is 1. The zero-order valence-corrected chi connectivity index (χ0v) is 15.0. The van der Waals surface area contributed by atoms with E-state index in [2.05, 4.69) is 14.5 Å². The van der Waals surface area contributed by atoms with E-state index in [1.54, 1.807) is 6.20 Å². The van der Waals surface area contributed by atoms with Crippen LogP contribution >= 0.6 is 11.6 Å². The summed E-state index contributed by atoms with van der Waals surface area (Å²) in [5, 5.41) is 9.84. The van der Waals surface area contributed by atoms with Gasteiger partial charge in [-0.25, -0.2) is 9.97 Å². The van der Waals surface area contributed by atoms with Crippen molar-refractivity contribution in [2.24, 2.45) is 5.41 Å². The fourth-order valence-electron chi connectivity index (χ4n) is 2.99. The van der Waals surface area contributed by atoms with Crippen molar-refractivity contribution in [2.45, 2.75) is 33.2 Å². The Hall–Kier alpha value is -2.40. The second-order valence-electron chi connectivity index (χ2n) is 7.00. The van der Waals surface area contributed by atoms with Crippen LogP contribution < -0.4 is 0 Å². The van der Waals surface area contributed by atoms with Gasteiger partial charge in [0.15, 0.2) is 5.65 Å². The molecule has 0 aliphatic heterocycles. The van der Waals surface area contributed by atoms with Gasteiger partial charge >= 0.3 is 5.97 Å². The van der Waals surface area contributed by atoms with E-state index in [1.807, 2.05) is 50.2 Å². The fourth-order valence-corrected chi connectivity index (χ4v) is 3.12. The van der Waals surface area contributed by atoms with Gasteiger partial charge < -0.3 is 9.67 Å². The monoisotopic (exact) mass is 357 g/mol. The summed E-state index contributed by atoms with van der Waals surface area (Å²) in [6, 6.07) is 11.6. The molecule has 0 aliphatic carbocycles. The number of rotatable bonds is 6. The van der Waals surface area contributed by atoms with Gasteiger partial charge in [-0.15, -0.1) is 0 Å². The first-order valence-electron chi connectivity index (χ1n) is 8.10. The van der Waals surface area contributed by atoms with Crippen LogP contribution in [0.5, 0.6) is 0 Å². The molecular formula is C19H20ClN3O2. The highest BCUT2D eigenvalue weighted by atomic mass is 35.5. The Morgan fingerprint density at radius 1 is 1.24 bits per heavy atom. The van der Waals surface area contributed by atoms with E-state index in [0.717, 1.165) is 16.9 Å². The smallest absolute Gasteiger partial charge is 0.303 e. The Balaban J connectivity index is 1.99. The number of nitrogens with zero attached hydrogens (tertiary/aromatic N) is 3. The first-order chi connectivity index (χ1) is 11.8. The lowest BCUT2D eigenvalue weighted by atomic mass is 9.85. The van der Waals surface area contributed by atoms with Gasteiger partial charge in [0.1, 0.15) is 5.82 Å². The number of pyridine rings is 1. The topological polar surface area (TPSA) is 68.0 Å². The summed E-state index contributed by atoms with van der Waals surface area (Å²) in [4.78, 5) is 20.1. The van der Waals surface area contributed by atoms with Crippen molar-refractivity contribution in [1.29, 1.82) is 0 Å². The normalized spacial score (nSPS) is 11.8. The number of hydrogen-bond donors (Lipinski definition) is 1. The second kappa shape index (κ2) is 6.84. The third kappa shape index (κ3) is 4.17. The highest BCUT2D eigenvalue weighted by Gasteiger charge is 2.25. The van der Waals surface area contributed by atoms with Gasteiger partial charge in [-0.2, -0.15) is 0 Å². The lowest BCUT2D eigenvalue weighted by Gasteiger charge is -2.22. The minimum Gasteiger partial charge on any atom is -0.481 e. The molecule has 1 N–H and O–H groups in total. The van der Waals surface area contributed by atoms with Crippen LogP contribution in [0.3, 0.4) is 0 Å². The molecule has 0 bridgehead atoms. The van der Waals surface area contributed by atoms with Crippen LogP contribution in [0, 0.1) is 5.41 Å². The lowest BCUT2D eigenvalue weighted by molar-refractivity contribution is -0.139. The predicted molar refractivity (Wildman–Crippen MR) is 97.8 cm³/mol. The molecule has 3 aromatic rings. The highest BCUT2D eigenvalue weighted by Crippen LogP contribution is 2.28. The van der Waals surface area contributed by atoms with Gasteiger partial charge in [0, 0.05) is 24.2 Å². The molecule has 2 aromatic heterocycles. The third-order valence-corrected chi connectivity index (χ3v) is 4.38. The first-order valence-corrected chi connectivity index (χ1v) is 8.48. The Kier molecular flexibility index (Phi) is 4.77. The maximum absolute atomic E-state index is 11.1. The molecule has 1 aromatic carbocycles. The van der Waals surface area contributed by atoms with Crippen LogP contribution in [-0.2, 0) is 17.8 Å². The van der Waals surface area contributed by atoms with E-state index in [4.69, 9.17) is 16.7 Å². The molecule has 0 saturated heterocycles. The number of carbonyl (C=O) groups is 1. The van der Waals surface area contributed by atoms with Gasteiger partial charge in [-0.05, 0) is 35.2 Å². The molecule has 0 aliphatic rings. The number of carboxylic acids is 1. The molecule has 3 rings (SSSR count). The second-order valence-corrected chi connectivity index (χ2v) is 7.43. The average molecular weight is 358 g/mol. The number of aliphatic carboxylic acids is 1. The van der Waals surface area contributed by atoms with Crippen molar-refractivity contribution in [1.82, 2.24) is 14.5 Å². The predicted octanol–water partition coefficient (Wildman–Crippen LogP) is 4.18. The summed E-state index contributed by atoms with van der Waals surface area (Å²) in [6.07, 6.45) is 2.36. The number of carboxylic acid groups (broad SMARTS) is 1. The van der Waals surface area contributed by atoms with E-state index in [-0.39, 0.29) is 6.42 Å². The molecule has 0 unspecified atom stereocenters. The number of benzene rings is 1. The maximum Gasteiger partial charge on any atom is 0.303 e. The highest BCUT2D eigenvalue weighted by molar-refractivity contribution is 6.30. The van der Waals surface area contributed by atoms with Gasteiger partial charge in [-0.1, -0.05) is 37.6 Å². The Morgan fingerprint density at radius 2 is 1.96 bits per heavy atom. The van der Waals surface area contributed by atoms with Crippen LogP contribution in [0.15, 0.2) is 42.6 Å². The van der Waals surface area contributed by atoms with Crippen LogP contribution in [0.4, 0.5) is 0 Å². The zero-order valence-electron chi connectivity index (χ0n) is 14.2. The molecule has 0 saturated carbocycles. The molecule has 2 heterocycles. The van der Waals surface area contributed by atoms with Gasteiger partial charge in [-0.3, -0.25) is 4.79 Å². The molecular weight excluding hydrogens is 338 g/mol. The third-order valence-electron chi connectivity index (χ3n) is 4.12. The molecule has 6 heteroatoms. The number of aromatic nitrogens is 3. The van der Waals surface area contributed by atoms with Crippen LogP contribution in [0.1, 0.15) is 31.7 Å². The molecule has 5 nitrogen and oxygen atoms in total. The van der Waals surface area contributed by atoms with Gasteiger partial charge in [0.25, 0.3) is 0 Å². The minimum atomic E-state index is -0.802. The average Bonchev–Trinajstić information content (AvgIpc) is 2.85. The molecule has 0 atom stereocenters. The summed E-state index contributed by atoms with van der Waals surface area (Å²) in [6.45, 7) is 4.53. The van der Waals surface area contributed by atoms with Crippen molar-refractivity contribution < 1.29 is 9.90 Å². The van der Waals surface area contributed by atoms with E-state index in [9.17, 15) is 4.79 Å². The molecule has 130 valence electrons. The van der Waals surface area contributed by atoms with Gasteiger partial charge in [0.05, 0.1) is 11.9 Å². The van der Waals surface area contributed by atoms with Crippen molar-refractivity contribution in [3.63, 3.8) is 0 Å². The minimum absolute atomic E-state index is 0.0879. The van der Waals surface area contributed by atoms with Crippen LogP contribution in [-0.4, -0.2) is 25.6 Å². The maximum atomic E-state index is 11.1. The Bertz CT molecular complexity index is 901. The van der Waals surface area contributed by atoms with Gasteiger partial charge in [0.2, 0.25) is 0 Å². The first kappa shape index (κ1) is 17.4. The van der Waals surface area contributed by atoms with Crippen molar-refractivity contribution in [3.8, 4) is 0 Å². The standard InChI is InChI=1S/C19H20ClN3O2/c1-19(2,11-17(24)25)10-16-22-18-15(4-3-9-21-18)23(16)12-13-5-7-14(20)8-6-13/h3-9H,10-12H2,1-2H3,(H,24,25). The summed E-state index contributed by atoms with van der Waals surface area (Å²) in [5.74, 6) is 0.0402. The molecule has 0 fully saturated rings. The quantitative estimate of drug-likeness (QED) is 0.718. The summed E-state index contributed by atoms with van der Waals surface area (Å²) in [7, 11) is 0. The van der Waals surface area contributed by atoms with E-state index in [1.165, 1.54) is 0 Å².